The summed E-state index contributed by atoms with van der Waals surface area (Å²) >= 11 is 0. The number of benzene rings is 1. The maximum atomic E-state index is 11.2. The first-order valence-corrected chi connectivity index (χ1v) is 5.98. The number of allylic oxidation sites excluding steroid dienone is 1. The van der Waals surface area contributed by atoms with E-state index in [-0.39, 0.29) is 11.4 Å². The van der Waals surface area contributed by atoms with Gasteiger partial charge in [0.1, 0.15) is 5.69 Å². The normalized spacial score (nSPS) is 13.5. The van der Waals surface area contributed by atoms with Crippen LogP contribution in [0.4, 0.5) is 17.1 Å². The van der Waals surface area contributed by atoms with E-state index in [1.807, 2.05) is 6.92 Å². The lowest BCUT2D eigenvalue weighted by Gasteiger charge is -2.27. The van der Waals surface area contributed by atoms with E-state index in [2.05, 4.69) is 0 Å². The van der Waals surface area contributed by atoms with Crippen LogP contribution < -0.4 is 4.90 Å². The summed E-state index contributed by atoms with van der Waals surface area (Å²) in [5, 5.41) is 22.0. The van der Waals surface area contributed by atoms with Gasteiger partial charge < -0.3 is 9.64 Å². The molecule has 8 nitrogen and oxygen atoms in total. The van der Waals surface area contributed by atoms with Gasteiger partial charge in [-0.2, -0.15) is 0 Å². The molecule has 8 heteroatoms. The Labute approximate surface area is 114 Å². The Bertz CT molecular complexity index is 611. The molecule has 1 heterocycles. The largest absolute Gasteiger partial charge is 0.479 e. The van der Waals surface area contributed by atoms with Crippen molar-refractivity contribution >= 4 is 17.1 Å². The maximum Gasteiger partial charge on any atom is 0.300 e. The minimum Gasteiger partial charge on any atom is -0.479 e. The SMILES string of the molecule is CCOC1=CCc2cc([N+](=O)[O-])cc([N+](=O)[O-])c2N1C. The minimum atomic E-state index is -0.630. The molecule has 0 spiro atoms. The van der Waals surface area contributed by atoms with Gasteiger partial charge in [-0.15, -0.1) is 0 Å². The van der Waals surface area contributed by atoms with E-state index in [0.29, 0.717) is 30.2 Å². The van der Waals surface area contributed by atoms with Crippen molar-refractivity contribution in [2.45, 2.75) is 13.3 Å². The number of fused-ring (bicyclic) bond motifs is 1. The summed E-state index contributed by atoms with van der Waals surface area (Å²) < 4.78 is 5.39. The van der Waals surface area contributed by atoms with Gasteiger partial charge >= 0.3 is 0 Å². The highest BCUT2D eigenvalue weighted by Gasteiger charge is 2.30. The lowest BCUT2D eigenvalue weighted by Crippen LogP contribution is -2.24. The van der Waals surface area contributed by atoms with E-state index in [1.165, 1.54) is 6.07 Å². The molecule has 2 rings (SSSR count). The summed E-state index contributed by atoms with van der Waals surface area (Å²) in [4.78, 5) is 22.3. The Morgan fingerprint density at radius 1 is 1.30 bits per heavy atom. The van der Waals surface area contributed by atoms with Crippen molar-refractivity contribution in [3.8, 4) is 0 Å². The molecule has 0 unspecified atom stereocenters. The maximum absolute atomic E-state index is 11.2. The lowest BCUT2D eigenvalue weighted by molar-refractivity contribution is -0.393. The average Bonchev–Trinajstić information content (AvgIpc) is 2.40. The van der Waals surface area contributed by atoms with E-state index in [0.717, 1.165) is 6.07 Å². The molecule has 0 bridgehead atoms. The molecule has 0 aromatic heterocycles. The second-order valence-corrected chi connectivity index (χ2v) is 4.23. The smallest absolute Gasteiger partial charge is 0.300 e. The van der Waals surface area contributed by atoms with Crippen molar-refractivity contribution in [2.24, 2.45) is 0 Å². The van der Waals surface area contributed by atoms with Gasteiger partial charge in [0.2, 0.25) is 0 Å². The Morgan fingerprint density at radius 2 is 2.00 bits per heavy atom. The first-order valence-electron chi connectivity index (χ1n) is 5.98. The molecule has 0 saturated heterocycles. The summed E-state index contributed by atoms with van der Waals surface area (Å²) in [5.74, 6) is 0.511. The van der Waals surface area contributed by atoms with Crippen LogP contribution in [0.15, 0.2) is 24.1 Å². The predicted molar refractivity (Wildman–Crippen MR) is 71.6 cm³/mol. The zero-order valence-electron chi connectivity index (χ0n) is 11.0. The van der Waals surface area contributed by atoms with E-state index in [1.54, 1.807) is 18.0 Å². The first-order chi connectivity index (χ1) is 9.45. The number of nitrogens with zero attached hydrogens (tertiary/aromatic N) is 3. The summed E-state index contributed by atoms with van der Waals surface area (Å²) in [6, 6.07) is 2.34. The van der Waals surface area contributed by atoms with Gasteiger partial charge in [0.15, 0.2) is 5.88 Å². The standard InChI is InChI=1S/C12H13N3O5/c1-3-20-11-5-4-8-6-9(14(16)17)7-10(15(18)19)12(8)13(11)2/h5-7H,3-4H2,1-2H3. The van der Waals surface area contributed by atoms with E-state index >= 15 is 0 Å². The van der Waals surface area contributed by atoms with Gasteiger partial charge in [-0.05, 0) is 25.0 Å². The van der Waals surface area contributed by atoms with Crippen molar-refractivity contribution in [1.82, 2.24) is 0 Å². The molecule has 20 heavy (non-hydrogen) atoms. The molecule has 106 valence electrons. The van der Waals surface area contributed by atoms with Crippen molar-refractivity contribution in [3.63, 3.8) is 0 Å². The highest BCUT2D eigenvalue weighted by atomic mass is 16.6. The van der Waals surface area contributed by atoms with Crippen LogP contribution in [0.5, 0.6) is 0 Å². The first kappa shape index (κ1) is 13.8. The van der Waals surface area contributed by atoms with Crippen molar-refractivity contribution in [1.29, 1.82) is 0 Å². The Balaban J connectivity index is 2.58. The lowest BCUT2D eigenvalue weighted by atomic mass is 10.0. The second-order valence-electron chi connectivity index (χ2n) is 4.23. The Kier molecular flexibility index (Phi) is 3.55. The quantitative estimate of drug-likeness (QED) is 0.619. The van der Waals surface area contributed by atoms with Gasteiger partial charge in [-0.1, -0.05) is 0 Å². The highest BCUT2D eigenvalue weighted by Crippen LogP contribution is 2.40. The third-order valence-corrected chi connectivity index (χ3v) is 3.02. The minimum absolute atomic E-state index is 0.280. The molecule has 1 aliphatic heterocycles. The fraction of sp³-hybridized carbons (Fsp3) is 0.333. The van der Waals surface area contributed by atoms with Gasteiger partial charge in [0.05, 0.1) is 22.5 Å². The Morgan fingerprint density at radius 3 is 2.55 bits per heavy atom. The number of rotatable bonds is 4. The van der Waals surface area contributed by atoms with Crippen LogP contribution in [-0.2, 0) is 11.2 Å². The number of ether oxygens (including phenoxy) is 1. The summed E-state index contributed by atoms with van der Waals surface area (Å²) in [7, 11) is 1.64. The molecule has 0 atom stereocenters. The number of hydrogen-bond acceptors (Lipinski definition) is 6. The molecule has 0 saturated carbocycles. The van der Waals surface area contributed by atoms with E-state index < -0.39 is 9.85 Å². The zero-order chi connectivity index (χ0) is 14.9. The van der Waals surface area contributed by atoms with Gasteiger partial charge in [0.25, 0.3) is 11.4 Å². The monoisotopic (exact) mass is 279 g/mol. The average molecular weight is 279 g/mol. The van der Waals surface area contributed by atoms with Crippen molar-refractivity contribution in [2.75, 3.05) is 18.6 Å². The molecule has 0 aliphatic carbocycles. The Hall–Kier alpha value is -2.64. The third-order valence-electron chi connectivity index (χ3n) is 3.02. The number of hydrogen-bond donors (Lipinski definition) is 0. The van der Waals surface area contributed by atoms with Crippen LogP contribution >= 0.6 is 0 Å². The number of anilines is 1. The van der Waals surface area contributed by atoms with Gasteiger partial charge in [0, 0.05) is 13.1 Å². The predicted octanol–water partition coefficient (Wildman–Crippen LogP) is 2.37. The number of nitro groups is 2. The topological polar surface area (TPSA) is 98.8 Å². The summed E-state index contributed by atoms with van der Waals surface area (Å²) in [5.41, 5.74) is 0.308. The van der Waals surface area contributed by atoms with Crippen LogP contribution in [0.25, 0.3) is 0 Å². The fourth-order valence-corrected chi connectivity index (χ4v) is 2.20. The molecule has 0 N–H and O–H groups in total. The molecule has 0 radical (unpaired) electrons. The molecule has 1 aliphatic rings. The summed E-state index contributed by atoms with van der Waals surface area (Å²) in [6.45, 7) is 2.25. The van der Waals surface area contributed by atoms with E-state index in [4.69, 9.17) is 4.74 Å². The number of nitro benzene ring substituents is 2. The fourth-order valence-electron chi connectivity index (χ4n) is 2.20. The van der Waals surface area contributed by atoms with Crippen molar-refractivity contribution < 1.29 is 14.6 Å². The zero-order valence-corrected chi connectivity index (χ0v) is 11.0. The van der Waals surface area contributed by atoms with Crippen LogP contribution in [0, 0.1) is 20.2 Å². The molecular formula is C12H13N3O5. The molecule has 1 aromatic carbocycles. The van der Waals surface area contributed by atoms with Gasteiger partial charge in [-0.25, -0.2) is 0 Å². The van der Waals surface area contributed by atoms with Crippen LogP contribution in [0.3, 0.4) is 0 Å². The molecule has 0 amide bonds. The van der Waals surface area contributed by atoms with E-state index in [9.17, 15) is 20.2 Å². The van der Waals surface area contributed by atoms with Crippen LogP contribution in [0.1, 0.15) is 12.5 Å². The molecular weight excluding hydrogens is 266 g/mol. The number of non-ortho nitro benzene ring substituents is 1. The molecule has 1 aromatic rings. The van der Waals surface area contributed by atoms with Crippen LogP contribution in [-0.4, -0.2) is 23.5 Å². The van der Waals surface area contributed by atoms with Gasteiger partial charge in [-0.3, -0.25) is 20.2 Å². The van der Waals surface area contributed by atoms with Crippen LogP contribution in [0.2, 0.25) is 0 Å². The third kappa shape index (κ3) is 2.27. The molecule has 0 fully saturated rings. The highest BCUT2D eigenvalue weighted by molar-refractivity contribution is 5.74. The second kappa shape index (κ2) is 5.16. The summed E-state index contributed by atoms with van der Waals surface area (Å²) in [6.07, 6.45) is 2.11. The van der Waals surface area contributed by atoms with Crippen molar-refractivity contribution in [3.05, 3.63) is 49.9 Å².